The third-order valence-corrected chi connectivity index (χ3v) is 9.60. The van der Waals surface area contributed by atoms with E-state index >= 15 is 0 Å². The molecule has 8 rings (SSSR count). The van der Waals surface area contributed by atoms with Crippen LogP contribution in [0, 0.1) is 23.7 Å². The molecule has 0 N–H and O–H groups in total. The highest BCUT2D eigenvalue weighted by Crippen LogP contribution is 2.62. The summed E-state index contributed by atoms with van der Waals surface area (Å²) in [5.74, 6) is 1.51. The Kier molecular flexibility index (Phi) is 5.29. The first kappa shape index (κ1) is 21.7. The molecule has 1 amide bonds. The molecule has 0 atom stereocenters. The number of carbonyl (C=O) groups excluding carboxylic acids is 1. The van der Waals surface area contributed by atoms with E-state index in [0.29, 0.717) is 44.1 Å². The summed E-state index contributed by atoms with van der Waals surface area (Å²) in [6, 6.07) is 8.14. The van der Waals surface area contributed by atoms with Crippen LogP contribution in [0.15, 0.2) is 24.3 Å². The van der Waals surface area contributed by atoms with Gasteiger partial charge < -0.3 is 9.64 Å². The molecule has 0 aromatic heterocycles. The lowest BCUT2D eigenvalue weighted by atomic mass is 9.53. The van der Waals surface area contributed by atoms with Crippen LogP contribution in [0.3, 0.4) is 0 Å². The van der Waals surface area contributed by atoms with Crippen LogP contribution in [0.1, 0.15) is 79.6 Å². The largest absolute Gasteiger partial charge is 0.378 e. The molecule has 2 saturated heterocycles. The predicted molar refractivity (Wildman–Crippen MR) is 121 cm³/mol. The Labute approximate surface area is 200 Å². The number of hydrogen-bond donors (Lipinski definition) is 0. The van der Waals surface area contributed by atoms with Crippen LogP contribution < -0.4 is 0 Å². The van der Waals surface area contributed by atoms with Gasteiger partial charge in [-0.05, 0) is 80.4 Å². The summed E-state index contributed by atoms with van der Waals surface area (Å²) in [5.41, 5.74) is 2.02. The first-order chi connectivity index (χ1) is 16.6. The molecule has 0 radical (unpaired) electrons. The Bertz CT molecular complexity index is 878. The van der Waals surface area contributed by atoms with Crippen LogP contribution >= 0.6 is 0 Å². The molecule has 0 unspecified atom stereocenters. The predicted octanol–water partition coefficient (Wildman–Crippen LogP) is 4.58. The number of hydrogen-bond acceptors (Lipinski definition) is 6. The summed E-state index contributed by atoms with van der Waals surface area (Å²) in [4.78, 5) is 39.1. The zero-order valence-corrected chi connectivity index (χ0v) is 19.8. The molecular weight excluding hydrogens is 434 g/mol. The fourth-order valence-electron chi connectivity index (χ4n) is 7.83. The SMILES string of the molecule is O=C(c1ccc(C2CCC3(CC2)OOC2(OO3)C3CC4CC(C3)CC2C4)cc1)N1CCOCC1. The van der Waals surface area contributed by atoms with Gasteiger partial charge in [-0.3, -0.25) is 4.79 Å². The minimum Gasteiger partial charge on any atom is -0.378 e. The van der Waals surface area contributed by atoms with Gasteiger partial charge in [0, 0.05) is 43.3 Å². The Morgan fingerprint density at radius 2 is 1.38 bits per heavy atom. The Morgan fingerprint density at radius 3 is 1.97 bits per heavy atom. The van der Waals surface area contributed by atoms with E-state index in [9.17, 15) is 4.79 Å². The zero-order chi connectivity index (χ0) is 22.8. The highest BCUT2D eigenvalue weighted by molar-refractivity contribution is 5.94. The molecule has 5 saturated carbocycles. The van der Waals surface area contributed by atoms with Crippen LogP contribution in [0.2, 0.25) is 0 Å². The number of rotatable bonds is 2. The standard InChI is InChI=1S/C27H35NO6/c29-25(28-9-11-30-12-10-28)22-3-1-20(2-4-22)21-5-7-26(8-6-21)31-33-27(34-32-26)23-14-18-13-19(16-23)17-24(27)15-18/h1-4,18-19,21,23-24H,5-17H2. The fourth-order valence-corrected chi connectivity index (χ4v) is 7.83. The van der Waals surface area contributed by atoms with E-state index in [-0.39, 0.29) is 5.91 Å². The topological polar surface area (TPSA) is 66.5 Å². The van der Waals surface area contributed by atoms with Crippen LogP contribution in [-0.4, -0.2) is 48.7 Å². The van der Waals surface area contributed by atoms with Crippen molar-refractivity contribution in [2.45, 2.75) is 75.3 Å². The van der Waals surface area contributed by atoms with Crippen LogP contribution in [0.5, 0.6) is 0 Å². The first-order valence-corrected chi connectivity index (χ1v) is 13.3. The molecule has 7 fully saturated rings. The second-order valence-electron chi connectivity index (χ2n) is 11.6. The smallest absolute Gasteiger partial charge is 0.254 e. The average molecular weight is 470 g/mol. The molecular formula is C27H35NO6. The molecule has 7 aliphatic rings. The highest BCUT2D eigenvalue weighted by atomic mass is 17.4. The van der Waals surface area contributed by atoms with E-state index < -0.39 is 11.6 Å². The van der Waals surface area contributed by atoms with Crippen LogP contribution in [0.4, 0.5) is 0 Å². The molecule has 1 aromatic carbocycles. The van der Waals surface area contributed by atoms with Crippen LogP contribution in [0.25, 0.3) is 0 Å². The van der Waals surface area contributed by atoms with Gasteiger partial charge in [0.2, 0.25) is 11.6 Å². The van der Waals surface area contributed by atoms with E-state index in [1.807, 2.05) is 17.0 Å². The normalized spacial score (nSPS) is 43.5. The number of carbonyl (C=O) groups is 1. The van der Waals surface area contributed by atoms with Crippen molar-refractivity contribution in [3.05, 3.63) is 35.4 Å². The number of benzene rings is 1. The number of ether oxygens (including phenoxy) is 1. The number of amides is 1. The van der Waals surface area contributed by atoms with Crippen molar-refractivity contribution in [2.75, 3.05) is 26.3 Å². The van der Waals surface area contributed by atoms with Gasteiger partial charge in [-0.25, -0.2) is 0 Å². The fraction of sp³-hybridized carbons (Fsp3) is 0.741. The van der Waals surface area contributed by atoms with E-state index in [4.69, 9.17) is 24.3 Å². The third-order valence-electron chi connectivity index (χ3n) is 9.60. The summed E-state index contributed by atoms with van der Waals surface area (Å²) >= 11 is 0. The van der Waals surface area contributed by atoms with Gasteiger partial charge >= 0.3 is 0 Å². The summed E-state index contributed by atoms with van der Waals surface area (Å²) in [5, 5.41) is 0. The van der Waals surface area contributed by atoms with Gasteiger partial charge in [0.1, 0.15) is 0 Å². The van der Waals surface area contributed by atoms with Gasteiger partial charge in [-0.1, -0.05) is 12.1 Å². The van der Waals surface area contributed by atoms with E-state index in [1.165, 1.54) is 37.7 Å². The minimum atomic E-state index is -0.789. The van der Waals surface area contributed by atoms with Crippen molar-refractivity contribution in [1.82, 2.24) is 4.90 Å². The lowest BCUT2D eigenvalue weighted by molar-refractivity contribution is -0.680. The molecule has 1 aromatic rings. The summed E-state index contributed by atoms with van der Waals surface area (Å²) < 4.78 is 5.36. The summed E-state index contributed by atoms with van der Waals surface area (Å²) in [7, 11) is 0. The maximum atomic E-state index is 12.7. The van der Waals surface area contributed by atoms with Crippen molar-refractivity contribution in [2.24, 2.45) is 23.7 Å². The van der Waals surface area contributed by atoms with Gasteiger partial charge in [0.25, 0.3) is 5.91 Å². The Morgan fingerprint density at radius 1 is 0.794 bits per heavy atom. The lowest BCUT2D eigenvalue weighted by Crippen LogP contribution is -2.64. The van der Waals surface area contributed by atoms with Crippen molar-refractivity contribution in [3.8, 4) is 0 Å². The van der Waals surface area contributed by atoms with Crippen molar-refractivity contribution >= 4 is 5.91 Å². The first-order valence-electron chi connectivity index (χ1n) is 13.3. The molecule has 184 valence electrons. The maximum Gasteiger partial charge on any atom is 0.254 e. The van der Waals surface area contributed by atoms with E-state index in [2.05, 4.69) is 12.1 Å². The summed E-state index contributed by atoms with van der Waals surface area (Å²) in [6.07, 6.45) is 9.46. The molecule has 7 heteroatoms. The summed E-state index contributed by atoms with van der Waals surface area (Å²) in [6.45, 7) is 2.57. The third kappa shape index (κ3) is 3.54. The van der Waals surface area contributed by atoms with Crippen molar-refractivity contribution < 1.29 is 29.1 Å². The highest BCUT2D eigenvalue weighted by Gasteiger charge is 2.64. The minimum absolute atomic E-state index is 0.0921. The molecule has 5 aliphatic carbocycles. The molecule has 2 heterocycles. The number of morpholine rings is 1. The van der Waals surface area contributed by atoms with E-state index in [0.717, 1.165) is 43.1 Å². The van der Waals surface area contributed by atoms with Gasteiger partial charge in [0.05, 0.1) is 13.2 Å². The van der Waals surface area contributed by atoms with Crippen LogP contribution in [-0.2, 0) is 24.3 Å². The van der Waals surface area contributed by atoms with Gasteiger partial charge in [-0.2, -0.15) is 19.6 Å². The quantitative estimate of drug-likeness (QED) is 0.591. The zero-order valence-electron chi connectivity index (χ0n) is 19.8. The molecule has 4 bridgehead atoms. The van der Waals surface area contributed by atoms with Gasteiger partial charge in [-0.15, -0.1) is 0 Å². The average Bonchev–Trinajstić information content (AvgIpc) is 2.89. The molecule has 34 heavy (non-hydrogen) atoms. The molecule has 2 spiro atoms. The maximum absolute atomic E-state index is 12.7. The monoisotopic (exact) mass is 469 g/mol. The molecule has 2 aliphatic heterocycles. The van der Waals surface area contributed by atoms with Gasteiger partial charge in [0.15, 0.2) is 0 Å². The second kappa shape index (κ2) is 8.27. The lowest BCUT2D eigenvalue weighted by Gasteiger charge is -2.60. The van der Waals surface area contributed by atoms with Crippen molar-refractivity contribution in [1.29, 1.82) is 0 Å². The molecule has 7 nitrogen and oxygen atoms in total. The number of nitrogens with zero attached hydrogens (tertiary/aromatic N) is 1. The van der Waals surface area contributed by atoms with Crippen molar-refractivity contribution in [3.63, 3.8) is 0 Å². The Balaban J connectivity index is 0.965. The second-order valence-corrected chi connectivity index (χ2v) is 11.6. The Hall–Kier alpha value is -1.51. The van der Waals surface area contributed by atoms with E-state index in [1.54, 1.807) is 0 Å².